The van der Waals surface area contributed by atoms with E-state index in [0.29, 0.717) is 5.88 Å². The van der Waals surface area contributed by atoms with Crippen molar-refractivity contribution in [1.82, 2.24) is 20.1 Å². The Morgan fingerprint density at radius 1 is 1.39 bits per heavy atom. The zero-order valence-electron chi connectivity index (χ0n) is 15.0. The number of aryl methyl sites for hydroxylation is 1. The van der Waals surface area contributed by atoms with Crippen molar-refractivity contribution in [3.63, 3.8) is 0 Å². The molecule has 0 spiro atoms. The highest BCUT2D eigenvalue weighted by Gasteiger charge is 2.28. The molecular formula is C20H16FN5O2. The van der Waals surface area contributed by atoms with Crippen LogP contribution < -0.4 is 10.1 Å². The molecule has 0 radical (unpaired) electrons. The lowest BCUT2D eigenvalue weighted by Crippen LogP contribution is -2.27. The van der Waals surface area contributed by atoms with Crippen LogP contribution in [0.25, 0.3) is 5.69 Å². The van der Waals surface area contributed by atoms with Crippen molar-refractivity contribution >= 4 is 5.91 Å². The number of amides is 1. The average molecular weight is 377 g/mol. The summed E-state index contributed by atoms with van der Waals surface area (Å²) in [4.78, 5) is 16.6. The predicted octanol–water partition coefficient (Wildman–Crippen LogP) is 2.70. The topological polar surface area (TPSA) is 92.8 Å². The number of nitriles is 1. The van der Waals surface area contributed by atoms with Crippen LogP contribution in [0.2, 0.25) is 0 Å². The molecule has 2 aromatic heterocycles. The molecule has 1 aliphatic carbocycles. The van der Waals surface area contributed by atoms with Crippen LogP contribution in [0, 0.1) is 17.1 Å². The van der Waals surface area contributed by atoms with Crippen LogP contribution >= 0.6 is 0 Å². The van der Waals surface area contributed by atoms with Gasteiger partial charge in [0.15, 0.2) is 0 Å². The van der Waals surface area contributed by atoms with Crippen molar-refractivity contribution in [2.75, 3.05) is 7.11 Å². The number of nitrogens with zero attached hydrogens (tertiary/aromatic N) is 4. The normalized spacial score (nSPS) is 15.0. The molecule has 7 nitrogen and oxygen atoms in total. The molecule has 28 heavy (non-hydrogen) atoms. The molecule has 3 aromatic rings. The number of fused-ring (bicyclic) bond motifs is 1. The number of rotatable bonds is 4. The number of benzene rings is 1. The first-order chi connectivity index (χ1) is 13.6. The van der Waals surface area contributed by atoms with E-state index in [1.54, 1.807) is 30.1 Å². The lowest BCUT2D eigenvalue weighted by atomic mass is 10.1. The Kier molecular flexibility index (Phi) is 4.49. The number of hydrogen-bond donors (Lipinski definition) is 1. The fraction of sp³-hybridized carbons (Fsp3) is 0.200. The smallest absolute Gasteiger partial charge is 0.251 e. The van der Waals surface area contributed by atoms with E-state index in [2.05, 4.69) is 15.4 Å². The molecule has 1 amide bonds. The van der Waals surface area contributed by atoms with E-state index in [0.717, 1.165) is 35.9 Å². The van der Waals surface area contributed by atoms with Gasteiger partial charge in [0.25, 0.3) is 5.91 Å². The Morgan fingerprint density at radius 3 is 3.04 bits per heavy atom. The molecule has 0 saturated carbocycles. The number of nitrogens with one attached hydrogen (secondary N) is 1. The summed E-state index contributed by atoms with van der Waals surface area (Å²) in [6.07, 6.45) is 4.99. The summed E-state index contributed by atoms with van der Waals surface area (Å²) in [5, 5.41) is 16.5. The van der Waals surface area contributed by atoms with Crippen LogP contribution in [0.5, 0.6) is 5.88 Å². The molecular weight excluding hydrogens is 361 g/mol. The van der Waals surface area contributed by atoms with Gasteiger partial charge >= 0.3 is 0 Å². The Labute approximate surface area is 160 Å². The summed E-state index contributed by atoms with van der Waals surface area (Å²) in [5.41, 5.74) is 2.75. The first-order valence-corrected chi connectivity index (χ1v) is 8.68. The summed E-state index contributed by atoms with van der Waals surface area (Å²) < 4.78 is 20.4. The van der Waals surface area contributed by atoms with Crippen LogP contribution in [0.3, 0.4) is 0 Å². The average Bonchev–Trinajstić information content (AvgIpc) is 3.30. The standard InChI is InChI=1S/C20H16FN5O2/c1-28-19-9-14(6-7-23-19)26-11-15-17(4-5-18(15)25-26)24-20(27)12-2-3-16(21)13(8-12)10-22/h2-3,6-9,11,17H,4-5H2,1H3,(H,24,27)/t17-/m0/s1. The number of ether oxygens (including phenoxy) is 1. The van der Waals surface area contributed by atoms with Gasteiger partial charge in [0.1, 0.15) is 11.9 Å². The highest BCUT2D eigenvalue weighted by molar-refractivity contribution is 5.94. The second-order valence-electron chi connectivity index (χ2n) is 6.40. The Bertz CT molecular complexity index is 1100. The van der Waals surface area contributed by atoms with Crippen molar-refractivity contribution in [2.24, 2.45) is 0 Å². The van der Waals surface area contributed by atoms with Gasteiger partial charge in [0.2, 0.25) is 5.88 Å². The fourth-order valence-electron chi connectivity index (χ4n) is 3.27. The zero-order chi connectivity index (χ0) is 19.7. The highest BCUT2D eigenvalue weighted by atomic mass is 19.1. The maximum Gasteiger partial charge on any atom is 0.251 e. The number of hydrogen-bond acceptors (Lipinski definition) is 5. The molecule has 8 heteroatoms. The Morgan fingerprint density at radius 2 is 2.25 bits per heavy atom. The molecule has 140 valence electrons. The molecule has 4 rings (SSSR count). The van der Waals surface area contributed by atoms with Gasteiger partial charge in [-0.1, -0.05) is 0 Å². The highest BCUT2D eigenvalue weighted by Crippen LogP contribution is 2.31. The van der Waals surface area contributed by atoms with Gasteiger partial charge in [0.05, 0.1) is 30.1 Å². The lowest BCUT2D eigenvalue weighted by molar-refractivity contribution is 0.0936. The second kappa shape index (κ2) is 7.12. The summed E-state index contributed by atoms with van der Waals surface area (Å²) >= 11 is 0. The number of methoxy groups -OCH3 is 1. The SMILES string of the molecule is COc1cc(-n2cc3c(n2)CC[C@@H]3NC(=O)c2ccc(F)c(C#N)c2)ccn1. The van der Waals surface area contributed by atoms with Crippen LogP contribution in [-0.2, 0) is 6.42 Å². The van der Waals surface area contributed by atoms with E-state index >= 15 is 0 Å². The van der Waals surface area contributed by atoms with Gasteiger partial charge in [-0.25, -0.2) is 14.1 Å². The van der Waals surface area contributed by atoms with Gasteiger partial charge in [-0.15, -0.1) is 0 Å². The quantitative estimate of drug-likeness (QED) is 0.755. The van der Waals surface area contributed by atoms with E-state index in [9.17, 15) is 9.18 Å². The number of halogens is 1. The molecule has 1 aromatic carbocycles. The van der Waals surface area contributed by atoms with Crippen molar-refractivity contribution in [1.29, 1.82) is 5.26 Å². The van der Waals surface area contributed by atoms with Crippen LogP contribution in [-0.4, -0.2) is 27.8 Å². The van der Waals surface area contributed by atoms with E-state index < -0.39 is 5.82 Å². The Hall–Kier alpha value is -3.73. The molecule has 1 aliphatic rings. The second-order valence-corrected chi connectivity index (χ2v) is 6.40. The van der Waals surface area contributed by atoms with Crippen molar-refractivity contribution < 1.29 is 13.9 Å². The monoisotopic (exact) mass is 377 g/mol. The largest absolute Gasteiger partial charge is 0.481 e. The number of pyridine rings is 1. The molecule has 2 heterocycles. The molecule has 0 unspecified atom stereocenters. The summed E-state index contributed by atoms with van der Waals surface area (Å²) in [5.74, 6) is -0.508. The minimum atomic E-state index is -0.642. The third-order valence-corrected chi connectivity index (χ3v) is 4.71. The van der Waals surface area contributed by atoms with Crippen molar-refractivity contribution in [3.05, 3.63) is 70.9 Å². The number of aromatic nitrogens is 3. The van der Waals surface area contributed by atoms with E-state index in [1.807, 2.05) is 12.3 Å². The van der Waals surface area contributed by atoms with Gasteiger partial charge in [-0.3, -0.25) is 4.79 Å². The molecule has 1 N–H and O–H groups in total. The fourth-order valence-corrected chi connectivity index (χ4v) is 3.27. The molecule has 1 atom stereocenters. The number of carbonyl (C=O) groups is 1. The molecule has 0 bridgehead atoms. The van der Waals surface area contributed by atoms with Crippen molar-refractivity contribution in [3.8, 4) is 17.6 Å². The van der Waals surface area contributed by atoms with Gasteiger partial charge < -0.3 is 10.1 Å². The summed E-state index contributed by atoms with van der Waals surface area (Å²) in [7, 11) is 1.55. The van der Waals surface area contributed by atoms with Crippen LogP contribution in [0.15, 0.2) is 42.7 Å². The third kappa shape index (κ3) is 3.18. The summed E-state index contributed by atoms with van der Waals surface area (Å²) in [6.45, 7) is 0. The molecule has 0 saturated heterocycles. The minimum Gasteiger partial charge on any atom is -0.481 e. The molecule has 0 fully saturated rings. The van der Waals surface area contributed by atoms with Gasteiger partial charge in [-0.2, -0.15) is 10.4 Å². The first kappa shape index (κ1) is 17.7. The summed E-state index contributed by atoms with van der Waals surface area (Å²) in [6, 6.07) is 8.90. The van der Waals surface area contributed by atoms with Crippen LogP contribution in [0.1, 0.15) is 39.6 Å². The predicted molar refractivity (Wildman–Crippen MR) is 97.6 cm³/mol. The third-order valence-electron chi connectivity index (χ3n) is 4.71. The Balaban J connectivity index is 1.56. The number of carbonyl (C=O) groups excluding carboxylic acids is 1. The minimum absolute atomic E-state index is 0.154. The maximum absolute atomic E-state index is 13.5. The van der Waals surface area contributed by atoms with Gasteiger partial charge in [-0.05, 0) is 37.1 Å². The van der Waals surface area contributed by atoms with E-state index in [-0.39, 0.29) is 23.1 Å². The van der Waals surface area contributed by atoms with E-state index in [1.165, 1.54) is 12.1 Å². The maximum atomic E-state index is 13.5. The van der Waals surface area contributed by atoms with E-state index in [4.69, 9.17) is 10.00 Å². The zero-order valence-corrected chi connectivity index (χ0v) is 15.0. The van der Waals surface area contributed by atoms with Gasteiger partial charge in [0, 0.05) is 29.6 Å². The van der Waals surface area contributed by atoms with Crippen LogP contribution in [0.4, 0.5) is 4.39 Å². The molecule has 0 aliphatic heterocycles. The van der Waals surface area contributed by atoms with Crippen molar-refractivity contribution in [2.45, 2.75) is 18.9 Å². The first-order valence-electron chi connectivity index (χ1n) is 8.68. The lowest BCUT2D eigenvalue weighted by Gasteiger charge is -2.13.